The summed E-state index contributed by atoms with van der Waals surface area (Å²) >= 11 is 0. The zero-order chi connectivity index (χ0) is 12.4. The predicted molar refractivity (Wildman–Crippen MR) is 67.8 cm³/mol. The van der Waals surface area contributed by atoms with E-state index in [1.807, 2.05) is 27.7 Å². The summed E-state index contributed by atoms with van der Waals surface area (Å²) in [5.74, 6) is -0.00333. The highest BCUT2D eigenvalue weighted by atomic mass is 32.2. The van der Waals surface area contributed by atoms with Crippen molar-refractivity contribution in [1.82, 2.24) is 4.72 Å². The van der Waals surface area contributed by atoms with Gasteiger partial charge in [0, 0.05) is 6.26 Å². The maximum atomic E-state index is 10.8. The van der Waals surface area contributed by atoms with Gasteiger partial charge in [-0.15, -0.1) is 0 Å². The van der Waals surface area contributed by atoms with Gasteiger partial charge in [0.25, 0.3) is 0 Å². The molecule has 0 bridgehead atoms. The van der Waals surface area contributed by atoms with Gasteiger partial charge in [-0.1, -0.05) is 26.0 Å². The molecule has 4 heteroatoms. The van der Waals surface area contributed by atoms with E-state index >= 15 is 0 Å². The van der Waals surface area contributed by atoms with Gasteiger partial charge < -0.3 is 9.83 Å². The summed E-state index contributed by atoms with van der Waals surface area (Å²) in [6.07, 6.45) is 4.50. The van der Waals surface area contributed by atoms with Crippen molar-refractivity contribution in [2.75, 3.05) is 6.26 Å². The molecule has 1 unspecified atom stereocenters. The van der Waals surface area contributed by atoms with Gasteiger partial charge in [-0.3, -0.25) is 0 Å². The van der Waals surface area contributed by atoms with Gasteiger partial charge in [0.15, 0.2) is 0 Å². The maximum Gasteiger partial charge on any atom is 0.138 e. The van der Waals surface area contributed by atoms with Crippen LogP contribution in [0.1, 0.15) is 27.7 Å². The van der Waals surface area contributed by atoms with Crippen LogP contribution < -0.4 is 4.72 Å². The van der Waals surface area contributed by atoms with E-state index in [-0.39, 0.29) is 5.76 Å². The molecule has 0 heterocycles. The first kappa shape index (κ1) is 16.4. The molecule has 1 atom stereocenters. The maximum absolute atomic E-state index is 10.8. The second-order valence-electron chi connectivity index (χ2n) is 2.78. The quantitative estimate of drug-likeness (QED) is 0.577. The minimum atomic E-state index is -1.19. The van der Waals surface area contributed by atoms with Crippen molar-refractivity contribution in [3.8, 4) is 0 Å². The molecule has 0 aromatic carbocycles. The second-order valence-corrected chi connectivity index (χ2v) is 3.89. The molecule has 3 nitrogen and oxygen atoms in total. The normalized spacial score (nSPS) is 12.6. The molecule has 0 saturated carbocycles. The molecule has 0 aromatic heterocycles. The van der Waals surface area contributed by atoms with E-state index in [9.17, 15) is 9.32 Å². The average Bonchev–Trinajstić information content (AvgIpc) is 2.17. The standard InChI is InChI=1S/C9H15NO2S.C2H6/c1-5-9(11)8(6-7(2)3)10-13(4)12;1-2/h5-6,10-11H,1H2,2-4H3;1-2H3/b9-8-;. The van der Waals surface area contributed by atoms with E-state index in [1.165, 1.54) is 12.3 Å². The van der Waals surface area contributed by atoms with E-state index in [4.69, 9.17) is 0 Å². The van der Waals surface area contributed by atoms with Crippen molar-refractivity contribution >= 4 is 11.0 Å². The lowest BCUT2D eigenvalue weighted by molar-refractivity contribution is 0.425. The fourth-order valence-electron chi connectivity index (χ4n) is 0.709. The zero-order valence-corrected chi connectivity index (χ0v) is 10.9. The lowest BCUT2D eigenvalue weighted by atomic mass is 10.2. The highest BCUT2D eigenvalue weighted by Gasteiger charge is 2.00. The first-order valence-electron chi connectivity index (χ1n) is 4.78. The fourth-order valence-corrected chi connectivity index (χ4v) is 1.18. The molecule has 0 saturated heterocycles. The molecule has 2 N–H and O–H groups in total. The number of hydrogen-bond acceptors (Lipinski definition) is 2. The molecule has 0 amide bonds. The predicted octanol–water partition coefficient (Wildman–Crippen LogP) is 2.82. The Morgan fingerprint density at radius 3 is 2.13 bits per heavy atom. The summed E-state index contributed by atoms with van der Waals surface area (Å²) in [6, 6.07) is 0. The Balaban J connectivity index is 0. The SMILES string of the molecule is C=C/C(O)=C(\C=C(C)C)NS(C)=O.CC. The Morgan fingerprint density at radius 2 is 1.87 bits per heavy atom. The zero-order valence-electron chi connectivity index (χ0n) is 10.1. The van der Waals surface area contributed by atoms with Gasteiger partial charge in [-0.05, 0) is 26.0 Å². The Bertz CT molecular complexity index is 276. The highest BCUT2D eigenvalue weighted by molar-refractivity contribution is 7.82. The third kappa shape index (κ3) is 9.28. The van der Waals surface area contributed by atoms with Crippen LogP contribution in [0, 0.1) is 0 Å². The summed E-state index contributed by atoms with van der Waals surface area (Å²) in [5.41, 5.74) is 1.43. The number of rotatable bonds is 4. The molecule has 0 fully saturated rings. The van der Waals surface area contributed by atoms with Crippen LogP contribution in [0.25, 0.3) is 0 Å². The van der Waals surface area contributed by atoms with Crippen LogP contribution in [-0.4, -0.2) is 15.6 Å². The van der Waals surface area contributed by atoms with Crippen molar-refractivity contribution in [1.29, 1.82) is 0 Å². The summed E-state index contributed by atoms with van der Waals surface area (Å²) in [4.78, 5) is 0. The smallest absolute Gasteiger partial charge is 0.138 e. The first-order valence-corrected chi connectivity index (χ1v) is 6.33. The van der Waals surface area contributed by atoms with Crippen LogP contribution in [0.3, 0.4) is 0 Å². The van der Waals surface area contributed by atoms with E-state index in [1.54, 1.807) is 6.08 Å². The molecule has 0 aliphatic carbocycles. The van der Waals surface area contributed by atoms with E-state index in [0.717, 1.165) is 5.57 Å². The molecular formula is C11H21NO2S. The van der Waals surface area contributed by atoms with Gasteiger partial charge in [-0.25, -0.2) is 4.21 Å². The van der Waals surface area contributed by atoms with Crippen LogP contribution in [0.5, 0.6) is 0 Å². The topological polar surface area (TPSA) is 49.3 Å². The highest BCUT2D eigenvalue weighted by Crippen LogP contribution is 2.04. The van der Waals surface area contributed by atoms with Crippen molar-refractivity contribution in [3.63, 3.8) is 0 Å². The largest absolute Gasteiger partial charge is 0.506 e. The third-order valence-electron chi connectivity index (χ3n) is 1.16. The number of aliphatic hydroxyl groups is 1. The van der Waals surface area contributed by atoms with Gasteiger partial charge >= 0.3 is 0 Å². The Labute approximate surface area is 95.2 Å². The van der Waals surface area contributed by atoms with Gasteiger partial charge in [-0.2, -0.15) is 0 Å². The number of allylic oxidation sites excluding steroid dienone is 3. The summed E-state index contributed by atoms with van der Waals surface area (Å²) in [5, 5.41) is 9.34. The fraction of sp³-hybridized carbons (Fsp3) is 0.455. The van der Waals surface area contributed by atoms with Crippen molar-refractivity contribution in [3.05, 3.63) is 35.8 Å². The molecular weight excluding hydrogens is 210 g/mol. The van der Waals surface area contributed by atoms with Crippen molar-refractivity contribution in [2.24, 2.45) is 0 Å². The summed E-state index contributed by atoms with van der Waals surface area (Å²) in [7, 11) is -1.19. The summed E-state index contributed by atoms with van der Waals surface area (Å²) in [6.45, 7) is 11.2. The van der Waals surface area contributed by atoms with Crippen LogP contribution in [-0.2, 0) is 11.0 Å². The third-order valence-corrected chi connectivity index (χ3v) is 1.66. The molecule has 0 radical (unpaired) electrons. The molecule has 15 heavy (non-hydrogen) atoms. The monoisotopic (exact) mass is 231 g/mol. The van der Waals surface area contributed by atoms with Crippen LogP contribution in [0.2, 0.25) is 0 Å². The lowest BCUT2D eigenvalue weighted by Gasteiger charge is -2.05. The molecule has 88 valence electrons. The molecule has 0 aromatic rings. The summed E-state index contributed by atoms with van der Waals surface area (Å²) < 4.78 is 13.5. The van der Waals surface area contributed by atoms with E-state index < -0.39 is 11.0 Å². The second kappa shape index (κ2) is 9.52. The van der Waals surface area contributed by atoms with Gasteiger partial charge in [0.05, 0.1) is 5.70 Å². The lowest BCUT2D eigenvalue weighted by Crippen LogP contribution is -2.15. The van der Waals surface area contributed by atoms with E-state index in [0.29, 0.717) is 5.70 Å². The number of aliphatic hydroxyl groups excluding tert-OH is 1. The minimum absolute atomic E-state index is 0.00333. The van der Waals surface area contributed by atoms with E-state index in [2.05, 4.69) is 11.3 Å². The van der Waals surface area contributed by atoms with Crippen LogP contribution in [0.15, 0.2) is 35.8 Å². The molecule has 0 spiro atoms. The number of hydrogen-bond donors (Lipinski definition) is 2. The Kier molecular flexibility index (Phi) is 10.4. The molecule has 0 aliphatic heterocycles. The first-order chi connectivity index (χ1) is 6.97. The molecule has 0 rings (SSSR count). The Morgan fingerprint density at radius 1 is 1.40 bits per heavy atom. The van der Waals surface area contributed by atoms with Gasteiger partial charge in [0.2, 0.25) is 0 Å². The van der Waals surface area contributed by atoms with Gasteiger partial charge in [0.1, 0.15) is 16.7 Å². The molecule has 0 aliphatic rings. The average molecular weight is 231 g/mol. The number of nitrogens with one attached hydrogen (secondary N) is 1. The minimum Gasteiger partial charge on any atom is -0.506 e. The van der Waals surface area contributed by atoms with Crippen molar-refractivity contribution in [2.45, 2.75) is 27.7 Å². The van der Waals surface area contributed by atoms with Crippen LogP contribution >= 0.6 is 0 Å². The van der Waals surface area contributed by atoms with Crippen LogP contribution in [0.4, 0.5) is 0 Å². The van der Waals surface area contributed by atoms with Crippen molar-refractivity contribution < 1.29 is 9.32 Å². The Hall–Kier alpha value is -1.03.